The number of aromatic amines is 1. The third-order valence-electron chi connectivity index (χ3n) is 3.15. The molecule has 2 N–H and O–H groups in total. The number of aromatic nitrogens is 2. The zero-order valence-electron chi connectivity index (χ0n) is 13.2. The number of carbonyl (C=O) groups excluding carboxylic acids is 1. The second kappa shape index (κ2) is 8.55. The Hall–Kier alpha value is -1.50. The Balaban J connectivity index is 2.09. The molecule has 0 unspecified atom stereocenters. The van der Waals surface area contributed by atoms with Gasteiger partial charge in [-0.15, -0.1) is 0 Å². The zero-order chi connectivity index (χ0) is 17.7. The van der Waals surface area contributed by atoms with Crippen molar-refractivity contribution >= 4 is 46.6 Å². The topological polar surface area (TPSA) is 74.8 Å². The van der Waals surface area contributed by atoms with Crippen LogP contribution in [0.15, 0.2) is 34.2 Å². The van der Waals surface area contributed by atoms with Crippen LogP contribution >= 0.6 is 35.0 Å². The standard InChI is InChI=1S/C16H17Cl2N3O2S/c1-3-5-10-8-13(22)21-16(19-10)24-9(2)15(23)20-12-7-4-6-11(17)14(12)18/h4,6-9H,3,5H2,1-2H3,(H,20,23)(H,19,21,22)/t9-/m1/s1. The summed E-state index contributed by atoms with van der Waals surface area (Å²) in [6, 6.07) is 6.50. The highest BCUT2D eigenvalue weighted by atomic mass is 35.5. The molecule has 24 heavy (non-hydrogen) atoms. The molecule has 0 aliphatic heterocycles. The van der Waals surface area contributed by atoms with Crippen LogP contribution in [-0.2, 0) is 11.2 Å². The van der Waals surface area contributed by atoms with Gasteiger partial charge in [0.15, 0.2) is 5.16 Å². The minimum Gasteiger partial charge on any atom is -0.324 e. The first-order valence-electron chi connectivity index (χ1n) is 7.42. The Kier molecular flexibility index (Phi) is 6.71. The minimum atomic E-state index is -0.472. The van der Waals surface area contributed by atoms with E-state index in [0.29, 0.717) is 26.6 Å². The van der Waals surface area contributed by atoms with E-state index in [4.69, 9.17) is 23.2 Å². The van der Waals surface area contributed by atoms with Crippen molar-refractivity contribution in [3.8, 4) is 0 Å². The fourth-order valence-corrected chi connectivity index (χ4v) is 3.16. The molecule has 5 nitrogen and oxygen atoms in total. The Labute approximate surface area is 154 Å². The highest BCUT2D eigenvalue weighted by Crippen LogP contribution is 2.30. The van der Waals surface area contributed by atoms with Gasteiger partial charge in [-0.05, 0) is 25.5 Å². The Bertz CT molecular complexity index is 795. The number of carbonyl (C=O) groups is 1. The number of H-pyrrole nitrogens is 1. The molecule has 2 rings (SSSR count). The largest absolute Gasteiger partial charge is 0.324 e. The van der Waals surface area contributed by atoms with Crippen molar-refractivity contribution in [2.45, 2.75) is 37.1 Å². The molecule has 0 bridgehead atoms. The molecule has 0 saturated heterocycles. The summed E-state index contributed by atoms with van der Waals surface area (Å²) in [5.74, 6) is -0.257. The van der Waals surface area contributed by atoms with Gasteiger partial charge in [-0.2, -0.15) is 0 Å². The van der Waals surface area contributed by atoms with E-state index in [9.17, 15) is 9.59 Å². The van der Waals surface area contributed by atoms with Gasteiger partial charge in [0.25, 0.3) is 5.56 Å². The molecule has 1 aromatic heterocycles. The predicted molar refractivity (Wildman–Crippen MR) is 99.3 cm³/mol. The van der Waals surface area contributed by atoms with Gasteiger partial charge in [-0.1, -0.05) is 54.4 Å². The second-order valence-corrected chi connectivity index (χ2v) is 7.26. The Morgan fingerprint density at radius 3 is 2.88 bits per heavy atom. The molecule has 0 saturated carbocycles. The first-order chi connectivity index (χ1) is 11.4. The number of rotatable bonds is 6. The van der Waals surface area contributed by atoms with Crippen molar-refractivity contribution in [2.75, 3.05) is 5.32 Å². The number of amides is 1. The molecule has 0 radical (unpaired) electrons. The van der Waals surface area contributed by atoms with E-state index in [1.165, 1.54) is 17.8 Å². The van der Waals surface area contributed by atoms with E-state index in [1.807, 2.05) is 6.92 Å². The van der Waals surface area contributed by atoms with Crippen LogP contribution in [0.4, 0.5) is 5.69 Å². The number of thioether (sulfide) groups is 1. The van der Waals surface area contributed by atoms with Crippen LogP contribution in [0.1, 0.15) is 26.0 Å². The van der Waals surface area contributed by atoms with Crippen LogP contribution in [0, 0.1) is 0 Å². The van der Waals surface area contributed by atoms with Crippen LogP contribution in [0.2, 0.25) is 10.0 Å². The molecule has 1 atom stereocenters. The second-order valence-electron chi connectivity index (χ2n) is 5.14. The number of nitrogens with zero attached hydrogens (tertiary/aromatic N) is 1. The fourth-order valence-electron chi connectivity index (χ4n) is 1.98. The monoisotopic (exact) mass is 385 g/mol. The average Bonchev–Trinajstić information content (AvgIpc) is 2.51. The number of halogens is 2. The maximum atomic E-state index is 12.3. The van der Waals surface area contributed by atoms with Crippen molar-refractivity contribution in [3.05, 3.63) is 50.4 Å². The SMILES string of the molecule is CCCc1cc(=O)[nH]c(S[C@H](C)C(=O)Nc2cccc(Cl)c2Cl)n1. The van der Waals surface area contributed by atoms with E-state index in [0.717, 1.165) is 12.8 Å². The summed E-state index contributed by atoms with van der Waals surface area (Å²) < 4.78 is 0. The van der Waals surface area contributed by atoms with Gasteiger partial charge in [-0.3, -0.25) is 9.59 Å². The minimum absolute atomic E-state index is 0.221. The Morgan fingerprint density at radius 1 is 1.42 bits per heavy atom. The normalized spacial score (nSPS) is 12.0. The molecule has 1 amide bonds. The van der Waals surface area contributed by atoms with Crippen LogP contribution in [0.25, 0.3) is 0 Å². The molecule has 128 valence electrons. The Morgan fingerprint density at radius 2 is 2.17 bits per heavy atom. The van der Waals surface area contributed by atoms with Crippen LogP contribution in [-0.4, -0.2) is 21.1 Å². The van der Waals surface area contributed by atoms with Gasteiger partial charge in [0, 0.05) is 11.8 Å². The maximum Gasteiger partial charge on any atom is 0.251 e. The van der Waals surface area contributed by atoms with E-state index in [1.54, 1.807) is 25.1 Å². The van der Waals surface area contributed by atoms with Crippen LogP contribution in [0.5, 0.6) is 0 Å². The van der Waals surface area contributed by atoms with Gasteiger partial charge in [0.05, 0.1) is 21.0 Å². The third-order valence-corrected chi connectivity index (χ3v) is 4.95. The molecule has 0 spiro atoms. The average molecular weight is 386 g/mol. The molecule has 1 heterocycles. The predicted octanol–water partition coefficient (Wildman–Crippen LogP) is 4.15. The summed E-state index contributed by atoms with van der Waals surface area (Å²) in [5, 5.41) is 3.34. The number of benzene rings is 1. The number of hydrogen-bond acceptors (Lipinski definition) is 4. The molecule has 0 aliphatic carbocycles. The number of aryl methyl sites for hydroxylation is 1. The van der Waals surface area contributed by atoms with Gasteiger partial charge >= 0.3 is 0 Å². The van der Waals surface area contributed by atoms with Crippen molar-refractivity contribution in [2.24, 2.45) is 0 Å². The highest BCUT2D eigenvalue weighted by Gasteiger charge is 2.18. The fraction of sp³-hybridized carbons (Fsp3) is 0.312. The molecule has 0 fully saturated rings. The summed E-state index contributed by atoms with van der Waals surface area (Å²) in [6.07, 6.45) is 1.61. The number of hydrogen-bond donors (Lipinski definition) is 2. The summed E-state index contributed by atoms with van der Waals surface area (Å²) in [7, 11) is 0. The molecular weight excluding hydrogens is 369 g/mol. The lowest BCUT2D eigenvalue weighted by Gasteiger charge is -2.13. The molecule has 1 aromatic carbocycles. The number of nitrogens with one attached hydrogen (secondary N) is 2. The quantitative estimate of drug-likeness (QED) is 0.578. The van der Waals surface area contributed by atoms with Crippen molar-refractivity contribution in [3.63, 3.8) is 0 Å². The molecule has 8 heteroatoms. The molecule has 0 aliphatic rings. The van der Waals surface area contributed by atoms with E-state index >= 15 is 0 Å². The van der Waals surface area contributed by atoms with Crippen molar-refractivity contribution in [1.29, 1.82) is 0 Å². The van der Waals surface area contributed by atoms with E-state index in [-0.39, 0.29) is 11.5 Å². The molecule has 2 aromatic rings. The van der Waals surface area contributed by atoms with E-state index in [2.05, 4.69) is 15.3 Å². The third kappa shape index (κ3) is 5.00. The first-order valence-corrected chi connectivity index (χ1v) is 9.06. The lowest BCUT2D eigenvalue weighted by Crippen LogP contribution is -2.23. The van der Waals surface area contributed by atoms with Gasteiger partial charge < -0.3 is 10.3 Å². The summed E-state index contributed by atoms with van der Waals surface area (Å²) in [4.78, 5) is 31.0. The van der Waals surface area contributed by atoms with Crippen LogP contribution < -0.4 is 10.9 Å². The maximum absolute atomic E-state index is 12.3. The zero-order valence-corrected chi connectivity index (χ0v) is 15.6. The van der Waals surface area contributed by atoms with Gasteiger partial charge in [0.2, 0.25) is 5.91 Å². The first kappa shape index (κ1) is 18.8. The van der Waals surface area contributed by atoms with Gasteiger partial charge in [-0.25, -0.2) is 4.98 Å². The smallest absolute Gasteiger partial charge is 0.251 e. The summed E-state index contributed by atoms with van der Waals surface area (Å²) in [6.45, 7) is 3.74. The summed E-state index contributed by atoms with van der Waals surface area (Å²) in [5.41, 5.74) is 0.943. The van der Waals surface area contributed by atoms with E-state index < -0.39 is 5.25 Å². The van der Waals surface area contributed by atoms with Crippen molar-refractivity contribution < 1.29 is 4.79 Å². The van der Waals surface area contributed by atoms with Crippen molar-refractivity contribution in [1.82, 2.24) is 9.97 Å². The van der Waals surface area contributed by atoms with Crippen LogP contribution in [0.3, 0.4) is 0 Å². The van der Waals surface area contributed by atoms with Gasteiger partial charge in [0.1, 0.15) is 0 Å². The lowest BCUT2D eigenvalue weighted by molar-refractivity contribution is -0.115. The highest BCUT2D eigenvalue weighted by molar-refractivity contribution is 8.00. The summed E-state index contributed by atoms with van der Waals surface area (Å²) >= 11 is 13.2. The number of anilines is 1. The molecular formula is C16H17Cl2N3O2S. The lowest BCUT2D eigenvalue weighted by atomic mass is 10.2.